The summed E-state index contributed by atoms with van der Waals surface area (Å²) >= 11 is 6.65. The minimum absolute atomic E-state index is 0.135. The summed E-state index contributed by atoms with van der Waals surface area (Å²) in [5, 5.41) is 0. The minimum Gasteiger partial charge on any atom is -0.427 e. The quantitative estimate of drug-likeness (QED) is 0.349. The van der Waals surface area contributed by atoms with Crippen molar-refractivity contribution < 1.29 is 14.3 Å². The molecule has 1 aliphatic heterocycles. The second-order valence-electron chi connectivity index (χ2n) is 5.52. The van der Waals surface area contributed by atoms with Gasteiger partial charge in [0.25, 0.3) is 5.91 Å². The van der Waals surface area contributed by atoms with Crippen LogP contribution >= 0.6 is 24.0 Å². The summed E-state index contributed by atoms with van der Waals surface area (Å²) in [5.41, 5.74) is 2.67. The van der Waals surface area contributed by atoms with Gasteiger partial charge < -0.3 is 4.74 Å². The van der Waals surface area contributed by atoms with Crippen LogP contribution < -0.4 is 9.64 Å². The third-order valence-electron chi connectivity index (χ3n) is 3.49. The van der Waals surface area contributed by atoms with Crippen LogP contribution in [0.15, 0.2) is 53.4 Å². The van der Waals surface area contributed by atoms with Gasteiger partial charge in [0, 0.05) is 6.92 Å². The number of benzene rings is 2. The number of rotatable bonds is 3. The van der Waals surface area contributed by atoms with Crippen LogP contribution in [0.5, 0.6) is 5.75 Å². The second kappa shape index (κ2) is 7.21. The van der Waals surface area contributed by atoms with Gasteiger partial charge in [-0.05, 0) is 48.4 Å². The monoisotopic (exact) mass is 369 g/mol. The van der Waals surface area contributed by atoms with Crippen LogP contribution in [-0.4, -0.2) is 16.2 Å². The normalized spacial score (nSPS) is 15.8. The molecule has 2 aromatic carbocycles. The molecular weight excluding hydrogens is 354 g/mol. The molecule has 126 valence electrons. The number of hydrogen-bond donors (Lipinski definition) is 0. The van der Waals surface area contributed by atoms with E-state index in [0.29, 0.717) is 15.0 Å². The third-order valence-corrected chi connectivity index (χ3v) is 4.80. The number of amides is 1. The predicted molar refractivity (Wildman–Crippen MR) is 105 cm³/mol. The van der Waals surface area contributed by atoms with Gasteiger partial charge in [0.15, 0.2) is 4.32 Å². The Morgan fingerprint density at radius 3 is 2.56 bits per heavy atom. The number of carbonyl (C=O) groups is 2. The van der Waals surface area contributed by atoms with E-state index in [0.717, 1.165) is 16.8 Å². The summed E-state index contributed by atoms with van der Waals surface area (Å²) in [6.45, 7) is 3.33. The Hall–Kier alpha value is -2.44. The van der Waals surface area contributed by atoms with Crippen LogP contribution in [-0.2, 0) is 9.59 Å². The molecule has 4 nitrogen and oxygen atoms in total. The Morgan fingerprint density at radius 1 is 1.20 bits per heavy atom. The number of ether oxygens (including phenoxy) is 1. The van der Waals surface area contributed by atoms with Gasteiger partial charge in [-0.3, -0.25) is 14.5 Å². The van der Waals surface area contributed by atoms with Gasteiger partial charge in [0.05, 0.1) is 10.6 Å². The van der Waals surface area contributed by atoms with Crippen molar-refractivity contribution >= 4 is 51.9 Å². The maximum Gasteiger partial charge on any atom is 0.308 e. The molecule has 1 amide bonds. The Bertz CT molecular complexity index is 888. The third kappa shape index (κ3) is 3.97. The van der Waals surface area contributed by atoms with Crippen molar-refractivity contribution in [3.63, 3.8) is 0 Å². The summed E-state index contributed by atoms with van der Waals surface area (Å²) in [6, 6.07) is 14.6. The molecule has 1 saturated heterocycles. The summed E-state index contributed by atoms with van der Waals surface area (Å²) < 4.78 is 5.52. The van der Waals surface area contributed by atoms with Crippen LogP contribution in [0.2, 0.25) is 0 Å². The van der Waals surface area contributed by atoms with E-state index in [2.05, 4.69) is 0 Å². The van der Waals surface area contributed by atoms with Gasteiger partial charge in [0.2, 0.25) is 0 Å². The van der Waals surface area contributed by atoms with Gasteiger partial charge in [0.1, 0.15) is 5.75 Å². The van der Waals surface area contributed by atoms with Crippen LogP contribution in [0.4, 0.5) is 5.69 Å². The van der Waals surface area contributed by atoms with E-state index >= 15 is 0 Å². The first kappa shape index (κ1) is 17.4. The molecule has 3 rings (SSSR count). The standard InChI is InChI=1S/C19H15NO3S2/c1-12-4-3-5-15(10-12)20-18(22)17(25-19(20)24)11-14-6-8-16(9-7-14)23-13(2)21/h3-11H,1-2H3/b17-11-. The van der Waals surface area contributed by atoms with E-state index in [1.165, 1.54) is 18.7 Å². The number of carbonyl (C=O) groups excluding carboxylic acids is 2. The van der Waals surface area contributed by atoms with Crippen molar-refractivity contribution in [2.45, 2.75) is 13.8 Å². The number of nitrogens with zero attached hydrogens (tertiary/aromatic N) is 1. The summed E-state index contributed by atoms with van der Waals surface area (Å²) in [5.74, 6) is -0.0339. The summed E-state index contributed by atoms with van der Waals surface area (Å²) in [7, 11) is 0. The number of hydrogen-bond acceptors (Lipinski definition) is 5. The lowest BCUT2D eigenvalue weighted by atomic mass is 10.2. The Kier molecular flexibility index (Phi) is 5.01. The fourth-order valence-electron chi connectivity index (χ4n) is 2.41. The largest absolute Gasteiger partial charge is 0.427 e. The highest BCUT2D eigenvalue weighted by molar-refractivity contribution is 8.27. The van der Waals surface area contributed by atoms with E-state index in [-0.39, 0.29) is 11.9 Å². The topological polar surface area (TPSA) is 46.6 Å². The van der Waals surface area contributed by atoms with Crippen LogP contribution in [0, 0.1) is 6.92 Å². The number of thiocarbonyl (C=S) groups is 1. The smallest absolute Gasteiger partial charge is 0.308 e. The number of anilines is 1. The van der Waals surface area contributed by atoms with Crippen molar-refractivity contribution in [3.8, 4) is 5.75 Å². The highest BCUT2D eigenvalue weighted by Gasteiger charge is 2.33. The molecule has 1 heterocycles. The Labute approximate surface area is 155 Å². The molecule has 25 heavy (non-hydrogen) atoms. The molecule has 0 N–H and O–H groups in total. The maximum absolute atomic E-state index is 12.7. The lowest BCUT2D eigenvalue weighted by molar-refractivity contribution is -0.131. The van der Waals surface area contributed by atoms with E-state index in [9.17, 15) is 9.59 Å². The zero-order valence-corrected chi connectivity index (χ0v) is 15.3. The molecule has 0 radical (unpaired) electrons. The molecule has 0 unspecified atom stereocenters. The molecule has 0 atom stereocenters. The van der Waals surface area contributed by atoms with Crippen LogP contribution in [0.1, 0.15) is 18.1 Å². The number of esters is 1. The Morgan fingerprint density at radius 2 is 1.92 bits per heavy atom. The average Bonchev–Trinajstić information content (AvgIpc) is 2.83. The molecule has 0 spiro atoms. The zero-order chi connectivity index (χ0) is 18.0. The van der Waals surface area contributed by atoms with Crippen molar-refractivity contribution in [1.29, 1.82) is 0 Å². The van der Waals surface area contributed by atoms with Gasteiger partial charge in [-0.15, -0.1) is 0 Å². The zero-order valence-electron chi connectivity index (χ0n) is 13.7. The van der Waals surface area contributed by atoms with Gasteiger partial charge >= 0.3 is 5.97 Å². The molecule has 2 aromatic rings. The van der Waals surface area contributed by atoms with E-state index in [1.54, 1.807) is 35.2 Å². The summed E-state index contributed by atoms with van der Waals surface area (Å²) in [4.78, 5) is 25.8. The van der Waals surface area contributed by atoms with Gasteiger partial charge in [-0.2, -0.15) is 0 Å². The van der Waals surface area contributed by atoms with Crippen molar-refractivity contribution in [1.82, 2.24) is 0 Å². The molecule has 1 fully saturated rings. The minimum atomic E-state index is -0.369. The lowest BCUT2D eigenvalue weighted by Crippen LogP contribution is -2.27. The van der Waals surface area contributed by atoms with E-state index < -0.39 is 0 Å². The van der Waals surface area contributed by atoms with Crippen LogP contribution in [0.3, 0.4) is 0 Å². The highest BCUT2D eigenvalue weighted by Crippen LogP contribution is 2.36. The molecule has 0 aliphatic carbocycles. The first-order valence-corrected chi connectivity index (χ1v) is 8.79. The molecule has 0 bridgehead atoms. The molecular formula is C19H15NO3S2. The fraction of sp³-hybridized carbons (Fsp3) is 0.105. The van der Waals surface area contributed by atoms with Gasteiger partial charge in [-0.25, -0.2) is 0 Å². The first-order chi connectivity index (χ1) is 11.9. The van der Waals surface area contributed by atoms with E-state index in [1.807, 2.05) is 31.2 Å². The molecule has 0 saturated carbocycles. The van der Waals surface area contributed by atoms with E-state index in [4.69, 9.17) is 17.0 Å². The highest BCUT2D eigenvalue weighted by atomic mass is 32.2. The first-order valence-electron chi connectivity index (χ1n) is 7.57. The average molecular weight is 369 g/mol. The fourth-order valence-corrected chi connectivity index (χ4v) is 3.71. The van der Waals surface area contributed by atoms with Gasteiger partial charge in [-0.1, -0.05) is 48.2 Å². The molecule has 0 aromatic heterocycles. The van der Waals surface area contributed by atoms with Crippen molar-refractivity contribution in [2.24, 2.45) is 0 Å². The molecule has 1 aliphatic rings. The summed E-state index contributed by atoms with van der Waals surface area (Å²) in [6.07, 6.45) is 1.78. The predicted octanol–water partition coefficient (Wildman–Crippen LogP) is 4.33. The van der Waals surface area contributed by atoms with Crippen molar-refractivity contribution in [3.05, 3.63) is 64.6 Å². The lowest BCUT2D eigenvalue weighted by Gasteiger charge is -2.14. The SMILES string of the molecule is CC(=O)Oc1ccc(/C=C2\SC(=S)N(c3cccc(C)c3)C2=O)cc1. The second-order valence-corrected chi connectivity index (χ2v) is 7.19. The molecule has 6 heteroatoms. The van der Waals surface area contributed by atoms with Crippen LogP contribution in [0.25, 0.3) is 6.08 Å². The maximum atomic E-state index is 12.7. The number of thioether (sulfide) groups is 1. The van der Waals surface area contributed by atoms with Crippen molar-refractivity contribution in [2.75, 3.05) is 4.90 Å². The Balaban J connectivity index is 1.84. The number of aryl methyl sites for hydroxylation is 1.